The molecule has 1 saturated heterocycles. The van der Waals surface area contributed by atoms with Crippen LogP contribution in [0.3, 0.4) is 0 Å². The molecule has 0 spiro atoms. The van der Waals surface area contributed by atoms with E-state index in [-0.39, 0.29) is 24.2 Å². The van der Waals surface area contributed by atoms with Crippen LogP contribution in [0.4, 0.5) is 9.59 Å². The summed E-state index contributed by atoms with van der Waals surface area (Å²) in [5, 5.41) is 6.07. The molecular weight excluding hydrogens is 306 g/mol. The Kier molecular flexibility index (Phi) is 5.23. The first-order chi connectivity index (χ1) is 11.7. The van der Waals surface area contributed by atoms with Crippen LogP contribution in [0, 0.1) is 0 Å². The number of carbonyl (C=O) groups excluding carboxylic acids is 2. The number of piperidine rings is 1. The molecule has 1 aromatic rings. The molecule has 0 radical (unpaired) electrons. The smallest absolute Gasteiger partial charge is 0.409 e. The molecule has 1 aliphatic heterocycles. The lowest BCUT2D eigenvalue weighted by Crippen LogP contribution is -2.49. The summed E-state index contributed by atoms with van der Waals surface area (Å²) in [6.07, 6.45) is 2.26. The molecule has 1 aliphatic carbocycles. The monoisotopic (exact) mass is 331 g/mol. The molecular formula is C18H25N3O3. The maximum atomic E-state index is 12.1. The predicted octanol–water partition coefficient (Wildman–Crippen LogP) is 2.46. The molecule has 2 N–H and O–H groups in total. The Morgan fingerprint density at radius 1 is 1.17 bits per heavy atom. The third kappa shape index (κ3) is 4.19. The van der Waals surface area contributed by atoms with E-state index in [1.165, 1.54) is 5.56 Å². The van der Waals surface area contributed by atoms with Crippen molar-refractivity contribution >= 4 is 12.1 Å². The molecule has 2 aliphatic rings. The van der Waals surface area contributed by atoms with E-state index < -0.39 is 0 Å². The SMILES string of the molecule is CCOC(=O)N1CCC(NC(=O)NC2CC2c2ccccc2)CC1. The maximum Gasteiger partial charge on any atom is 0.409 e. The van der Waals surface area contributed by atoms with Crippen molar-refractivity contribution in [2.45, 2.75) is 44.2 Å². The summed E-state index contributed by atoms with van der Waals surface area (Å²) in [5.74, 6) is 0.433. The lowest BCUT2D eigenvalue weighted by Gasteiger charge is -2.31. The highest BCUT2D eigenvalue weighted by Crippen LogP contribution is 2.40. The van der Waals surface area contributed by atoms with E-state index in [1.54, 1.807) is 11.8 Å². The molecule has 6 heteroatoms. The van der Waals surface area contributed by atoms with Gasteiger partial charge >= 0.3 is 12.1 Å². The van der Waals surface area contributed by atoms with Crippen molar-refractivity contribution in [3.8, 4) is 0 Å². The summed E-state index contributed by atoms with van der Waals surface area (Å²) >= 11 is 0. The number of hydrogen-bond acceptors (Lipinski definition) is 3. The average Bonchev–Trinajstić information content (AvgIpc) is 3.35. The molecule has 3 amide bonds. The first-order valence-corrected chi connectivity index (χ1v) is 8.71. The van der Waals surface area contributed by atoms with Gasteiger partial charge in [0, 0.05) is 31.1 Å². The van der Waals surface area contributed by atoms with Crippen LogP contribution in [-0.4, -0.2) is 48.8 Å². The Bertz CT molecular complexity index is 570. The number of nitrogens with one attached hydrogen (secondary N) is 2. The summed E-state index contributed by atoms with van der Waals surface area (Å²) in [4.78, 5) is 25.5. The second-order valence-corrected chi connectivity index (χ2v) is 6.44. The van der Waals surface area contributed by atoms with Crippen LogP contribution in [0.15, 0.2) is 30.3 Å². The van der Waals surface area contributed by atoms with E-state index in [0.717, 1.165) is 19.3 Å². The second-order valence-electron chi connectivity index (χ2n) is 6.44. The molecule has 24 heavy (non-hydrogen) atoms. The predicted molar refractivity (Wildman–Crippen MR) is 90.9 cm³/mol. The number of hydrogen-bond donors (Lipinski definition) is 2. The van der Waals surface area contributed by atoms with Crippen LogP contribution in [0.1, 0.15) is 37.7 Å². The fourth-order valence-corrected chi connectivity index (χ4v) is 3.24. The molecule has 2 fully saturated rings. The van der Waals surface area contributed by atoms with Gasteiger partial charge in [0.15, 0.2) is 0 Å². The standard InChI is InChI=1S/C18H25N3O3/c1-2-24-18(23)21-10-8-14(9-11-21)19-17(22)20-16-12-15(16)13-6-4-3-5-7-13/h3-7,14-16H,2,8-12H2,1H3,(H2,19,20,22). The van der Waals surface area contributed by atoms with Crippen LogP contribution in [0.25, 0.3) is 0 Å². The van der Waals surface area contributed by atoms with Crippen molar-refractivity contribution in [1.29, 1.82) is 0 Å². The minimum Gasteiger partial charge on any atom is -0.450 e. The first-order valence-electron chi connectivity index (χ1n) is 8.71. The highest BCUT2D eigenvalue weighted by atomic mass is 16.6. The van der Waals surface area contributed by atoms with Crippen LogP contribution < -0.4 is 10.6 Å². The Morgan fingerprint density at radius 2 is 1.88 bits per heavy atom. The van der Waals surface area contributed by atoms with Gasteiger partial charge in [0.1, 0.15) is 0 Å². The number of nitrogens with zero attached hydrogens (tertiary/aromatic N) is 1. The third-order valence-electron chi connectivity index (χ3n) is 4.69. The molecule has 1 aromatic carbocycles. The minimum absolute atomic E-state index is 0.104. The Labute approximate surface area is 142 Å². The van der Waals surface area contributed by atoms with Gasteiger partial charge < -0.3 is 20.3 Å². The number of rotatable bonds is 4. The van der Waals surface area contributed by atoms with Gasteiger partial charge in [-0.2, -0.15) is 0 Å². The zero-order valence-corrected chi connectivity index (χ0v) is 14.0. The Morgan fingerprint density at radius 3 is 2.54 bits per heavy atom. The largest absolute Gasteiger partial charge is 0.450 e. The maximum absolute atomic E-state index is 12.1. The number of ether oxygens (including phenoxy) is 1. The van der Waals surface area contributed by atoms with Crippen molar-refractivity contribution in [3.05, 3.63) is 35.9 Å². The molecule has 1 saturated carbocycles. The van der Waals surface area contributed by atoms with Gasteiger partial charge in [-0.15, -0.1) is 0 Å². The Balaban J connectivity index is 1.37. The number of amides is 3. The van der Waals surface area contributed by atoms with E-state index in [0.29, 0.717) is 25.6 Å². The van der Waals surface area contributed by atoms with Crippen molar-refractivity contribution in [2.24, 2.45) is 0 Å². The molecule has 0 bridgehead atoms. The van der Waals surface area contributed by atoms with E-state index in [9.17, 15) is 9.59 Å². The third-order valence-corrected chi connectivity index (χ3v) is 4.69. The summed E-state index contributed by atoms with van der Waals surface area (Å²) in [7, 11) is 0. The minimum atomic E-state index is -0.260. The van der Waals surface area contributed by atoms with Crippen LogP contribution in [0.5, 0.6) is 0 Å². The number of likely N-dealkylation sites (tertiary alicyclic amines) is 1. The summed E-state index contributed by atoms with van der Waals surface area (Å²) in [6.45, 7) is 3.44. The van der Waals surface area contributed by atoms with Gasteiger partial charge in [-0.25, -0.2) is 9.59 Å². The highest BCUT2D eigenvalue weighted by molar-refractivity contribution is 5.75. The summed E-state index contributed by atoms with van der Waals surface area (Å²) in [5.41, 5.74) is 1.28. The van der Waals surface area contributed by atoms with Crippen LogP contribution in [0.2, 0.25) is 0 Å². The fourth-order valence-electron chi connectivity index (χ4n) is 3.24. The lowest BCUT2D eigenvalue weighted by atomic mass is 10.1. The van der Waals surface area contributed by atoms with Crippen LogP contribution >= 0.6 is 0 Å². The zero-order valence-electron chi connectivity index (χ0n) is 14.0. The second kappa shape index (κ2) is 7.55. The van der Waals surface area contributed by atoms with E-state index in [2.05, 4.69) is 22.8 Å². The molecule has 6 nitrogen and oxygen atoms in total. The van der Waals surface area contributed by atoms with Crippen molar-refractivity contribution in [2.75, 3.05) is 19.7 Å². The van der Waals surface area contributed by atoms with Crippen LogP contribution in [-0.2, 0) is 4.74 Å². The molecule has 2 atom stereocenters. The van der Waals surface area contributed by atoms with Crippen molar-refractivity contribution < 1.29 is 14.3 Å². The molecule has 0 aromatic heterocycles. The first kappa shape index (κ1) is 16.6. The zero-order chi connectivity index (χ0) is 16.9. The molecule has 130 valence electrons. The summed E-state index contributed by atoms with van der Waals surface area (Å²) < 4.78 is 5.00. The fraction of sp³-hybridized carbons (Fsp3) is 0.556. The van der Waals surface area contributed by atoms with E-state index >= 15 is 0 Å². The molecule has 1 heterocycles. The normalized spacial score (nSPS) is 23.5. The van der Waals surface area contributed by atoms with Gasteiger partial charge in [0.25, 0.3) is 0 Å². The average molecular weight is 331 g/mol. The van der Waals surface area contributed by atoms with Gasteiger partial charge in [0.05, 0.1) is 6.61 Å². The van der Waals surface area contributed by atoms with Gasteiger partial charge in [-0.05, 0) is 31.7 Å². The van der Waals surface area contributed by atoms with Crippen molar-refractivity contribution in [1.82, 2.24) is 15.5 Å². The lowest BCUT2D eigenvalue weighted by molar-refractivity contribution is 0.0957. The number of carbonyl (C=O) groups is 2. The Hall–Kier alpha value is -2.24. The molecule has 3 rings (SSSR count). The summed E-state index contributed by atoms with van der Waals surface area (Å²) in [6, 6.07) is 10.5. The topological polar surface area (TPSA) is 70.7 Å². The highest BCUT2D eigenvalue weighted by Gasteiger charge is 2.39. The van der Waals surface area contributed by atoms with Gasteiger partial charge in [-0.3, -0.25) is 0 Å². The quantitative estimate of drug-likeness (QED) is 0.890. The number of urea groups is 1. The van der Waals surface area contributed by atoms with Gasteiger partial charge in [0.2, 0.25) is 0 Å². The van der Waals surface area contributed by atoms with Gasteiger partial charge in [-0.1, -0.05) is 30.3 Å². The number of benzene rings is 1. The van der Waals surface area contributed by atoms with E-state index in [4.69, 9.17) is 4.74 Å². The van der Waals surface area contributed by atoms with Crippen molar-refractivity contribution in [3.63, 3.8) is 0 Å². The molecule has 2 unspecified atom stereocenters. The van der Waals surface area contributed by atoms with E-state index in [1.807, 2.05) is 18.2 Å².